The summed E-state index contributed by atoms with van der Waals surface area (Å²) in [6, 6.07) is 11.3. The second-order valence-corrected chi connectivity index (χ2v) is 5.59. The Morgan fingerprint density at radius 3 is 2.91 bits per heavy atom. The molecular formula is C16H16N2O5. The van der Waals surface area contributed by atoms with Crippen LogP contribution in [0.4, 0.5) is 0 Å². The Hall–Kier alpha value is -2.22. The van der Waals surface area contributed by atoms with Gasteiger partial charge < -0.3 is 19.3 Å². The summed E-state index contributed by atoms with van der Waals surface area (Å²) >= 11 is 0. The summed E-state index contributed by atoms with van der Waals surface area (Å²) in [5.41, 5.74) is 0.678. The van der Waals surface area contributed by atoms with Crippen LogP contribution in [0.2, 0.25) is 0 Å². The average Bonchev–Trinajstić information content (AvgIpc) is 3.05. The van der Waals surface area contributed by atoms with E-state index in [0.717, 1.165) is 5.56 Å². The largest absolute Gasteiger partial charge is 0.453 e. The molecule has 2 aliphatic heterocycles. The van der Waals surface area contributed by atoms with E-state index in [-0.39, 0.29) is 18.2 Å². The predicted molar refractivity (Wildman–Crippen MR) is 78.9 cm³/mol. The van der Waals surface area contributed by atoms with Crippen molar-refractivity contribution in [1.29, 1.82) is 0 Å². The molecule has 0 spiro atoms. The average molecular weight is 316 g/mol. The third-order valence-electron chi connectivity index (χ3n) is 4.03. The fourth-order valence-corrected chi connectivity index (χ4v) is 2.87. The van der Waals surface area contributed by atoms with E-state index < -0.39 is 24.5 Å². The van der Waals surface area contributed by atoms with Crippen molar-refractivity contribution in [3.8, 4) is 6.01 Å². The lowest BCUT2D eigenvalue weighted by Gasteiger charge is -2.17. The number of hydrogen-bond donors (Lipinski definition) is 1. The first-order valence-electron chi connectivity index (χ1n) is 7.43. The lowest BCUT2D eigenvalue weighted by atomic mass is 10.1. The minimum Gasteiger partial charge on any atom is -0.453 e. The Balaban J connectivity index is 1.40. The topological polar surface area (TPSA) is 82.8 Å². The summed E-state index contributed by atoms with van der Waals surface area (Å²) in [6.45, 7) is 0.712. The molecule has 2 aliphatic rings. The molecule has 1 saturated heterocycles. The van der Waals surface area contributed by atoms with E-state index in [2.05, 4.69) is 4.98 Å². The van der Waals surface area contributed by atoms with Crippen LogP contribution in [0.5, 0.6) is 6.01 Å². The third kappa shape index (κ3) is 2.63. The van der Waals surface area contributed by atoms with Gasteiger partial charge in [0.05, 0.1) is 13.2 Å². The first-order chi connectivity index (χ1) is 11.2. The van der Waals surface area contributed by atoms with Crippen LogP contribution >= 0.6 is 0 Å². The van der Waals surface area contributed by atoms with E-state index in [1.807, 2.05) is 30.3 Å². The number of ether oxygens (including phenoxy) is 3. The molecule has 1 aromatic heterocycles. The fraction of sp³-hybridized carbons (Fsp3) is 0.375. The fourth-order valence-electron chi connectivity index (χ4n) is 2.87. The maximum Gasteiger partial charge on any atom is 0.302 e. The van der Waals surface area contributed by atoms with Gasteiger partial charge in [-0.05, 0) is 5.56 Å². The van der Waals surface area contributed by atoms with Crippen LogP contribution in [0.15, 0.2) is 47.4 Å². The number of hydrogen-bond acceptors (Lipinski definition) is 6. The number of nitrogens with zero attached hydrogens (tertiary/aromatic N) is 2. The summed E-state index contributed by atoms with van der Waals surface area (Å²) in [7, 11) is 0. The zero-order chi connectivity index (χ0) is 15.8. The molecule has 0 amide bonds. The second-order valence-electron chi connectivity index (χ2n) is 5.59. The molecule has 4 atom stereocenters. The standard InChI is InChI=1S/C16H16N2O5/c19-12-6-7-18-15-14(23-16(18)17-12)13(20)11(22-15)9-21-8-10-4-2-1-3-5-10/h1-7,11,13-15,20H,8-9H2/t11-,13+,14?,15-/m1/s1. The van der Waals surface area contributed by atoms with Gasteiger partial charge in [0.15, 0.2) is 12.3 Å². The number of aliphatic hydroxyl groups is 1. The van der Waals surface area contributed by atoms with Crippen LogP contribution in [0.1, 0.15) is 11.8 Å². The van der Waals surface area contributed by atoms with Gasteiger partial charge in [0, 0.05) is 12.3 Å². The van der Waals surface area contributed by atoms with Crippen molar-refractivity contribution in [3.05, 3.63) is 58.5 Å². The molecule has 0 bridgehead atoms. The van der Waals surface area contributed by atoms with Gasteiger partial charge in [-0.1, -0.05) is 30.3 Å². The SMILES string of the molecule is O=c1ccn2c(n1)OC1[C@@H](O)[C@@H](COCc3ccccc3)O[C@H]12. The van der Waals surface area contributed by atoms with Crippen LogP contribution in [0, 0.1) is 0 Å². The quantitative estimate of drug-likeness (QED) is 0.883. The van der Waals surface area contributed by atoms with Gasteiger partial charge in [0.2, 0.25) is 0 Å². The highest BCUT2D eigenvalue weighted by molar-refractivity contribution is 5.13. The van der Waals surface area contributed by atoms with Gasteiger partial charge in [-0.15, -0.1) is 0 Å². The van der Waals surface area contributed by atoms with E-state index in [1.165, 1.54) is 6.07 Å². The Bertz CT molecular complexity index is 748. The van der Waals surface area contributed by atoms with Gasteiger partial charge >= 0.3 is 6.01 Å². The zero-order valence-corrected chi connectivity index (χ0v) is 12.2. The van der Waals surface area contributed by atoms with Crippen molar-refractivity contribution >= 4 is 0 Å². The van der Waals surface area contributed by atoms with Gasteiger partial charge in [-0.25, -0.2) is 0 Å². The molecule has 1 fully saturated rings. The maximum atomic E-state index is 11.2. The Morgan fingerprint density at radius 1 is 1.26 bits per heavy atom. The monoisotopic (exact) mass is 316 g/mol. The molecule has 0 saturated carbocycles. The molecule has 2 aromatic rings. The van der Waals surface area contributed by atoms with Crippen molar-refractivity contribution in [1.82, 2.24) is 9.55 Å². The highest BCUT2D eigenvalue weighted by Gasteiger charge is 2.51. The van der Waals surface area contributed by atoms with Gasteiger partial charge in [0.25, 0.3) is 5.56 Å². The number of rotatable bonds is 4. The maximum absolute atomic E-state index is 11.2. The van der Waals surface area contributed by atoms with Crippen molar-refractivity contribution in [2.75, 3.05) is 6.61 Å². The van der Waals surface area contributed by atoms with Crippen LogP contribution in [-0.4, -0.2) is 39.6 Å². The van der Waals surface area contributed by atoms with Crippen molar-refractivity contribution < 1.29 is 19.3 Å². The lowest BCUT2D eigenvalue weighted by molar-refractivity contribution is -0.0651. The minimum atomic E-state index is -0.840. The number of fused-ring (bicyclic) bond motifs is 3. The zero-order valence-electron chi connectivity index (χ0n) is 12.2. The molecule has 1 N–H and O–H groups in total. The highest BCUT2D eigenvalue weighted by atomic mass is 16.6. The molecular weight excluding hydrogens is 300 g/mol. The Morgan fingerprint density at radius 2 is 2.09 bits per heavy atom. The number of aromatic nitrogens is 2. The van der Waals surface area contributed by atoms with E-state index in [0.29, 0.717) is 6.61 Å². The van der Waals surface area contributed by atoms with Gasteiger partial charge in [0.1, 0.15) is 12.2 Å². The Kier molecular flexibility index (Phi) is 3.60. The second kappa shape index (κ2) is 5.77. The van der Waals surface area contributed by atoms with Crippen molar-refractivity contribution in [3.63, 3.8) is 0 Å². The third-order valence-corrected chi connectivity index (χ3v) is 4.03. The molecule has 3 heterocycles. The lowest BCUT2D eigenvalue weighted by Crippen LogP contribution is -2.35. The molecule has 23 heavy (non-hydrogen) atoms. The molecule has 0 aliphatic carbocycles. The van der Waals surface area contributed by atoms with Gasteiger partial charge in [-0.3, -0.25) is 9.36 Å². The molecule has 7 nitrogen and oxygen atoms in total. The van der Waals surface area contributed by atoms with E-state index in [4.69, 9.17) is 14.2 Å². The number of aliphatic hydroxyl groups excluding tert-OH is 1. The van der Waals surface area contributed by atoms with Crippen molar-refractivity contribution in [2.45, 2.75) is 31.1 Å². The van der Waals surface area contributed by atoms with Crippen LogP contribution in [-0.2, 0) is 16.1 Å². The van der Waals surface area contributed by atoms with Gasteiger partial charge in [-0.2, -0.15) is 4.98 Å². The summed E-state index contributed by atoms with van der Waals surface area (Å²) in [4.78, 5) is 15.0. The molecule has 4 rings (SSSR count). The summed E-state index contributed by atoms with van der Waals surface area (Å²) < 4.78 is 18.6. The molecule has 7 heteroatoms. The predicted octanol–water partition coefficient (Wildman–Crippen LogP) is 0.479. The highest BCUT2D eigenvalue weighted by Crippen LogP contribution is 2.38. The van der Waals surface area contributed by atoms with Crippen LogP contribution < -0.4 is 10.3 Å². The van der Waals surface area contributed by atoms with Crippen LogP contribution in [0.25, 0.3) is 0 Å². The number of benzene rings is 1. The molecule has 0 radical (unpaired) electrons. The first-order valence-corrected chi connectivity index (χ1v) is 7.43. The Labute approximate surface area is 132 Å². The first kappa shape index (κ1) is 14.4. The summed E-state index contributed by atoms with van der Waals surface area (Å²) in [5, 5.41) is 10.3. The normalized spacial score (nSPS) is 28.2. The van der Waals surface area contributed by atoms with E-state index in [9.17, 15) is 9.90 Å². The molecule has 1 aromatic carbocycles. The van der Waals surface area contributed by atoms with Crippen LogP contribution in [0.3, 0.4) is 0 Å². The minimum absolute atomic E-state index is 0.176. The summed E-state index contributed by atoms with van der Waals surface area (Å²) in [5.74, 6) is 0. The molecule has 1 unspecified atom stereocenters. The smallest absolute Gasteiger partial charge is 0.302 e. The molecule has 120 valence electrons. The van der Waals surface area contributed by atoms with Crippen molar-refractivity contribution in [2.24, 2.45) is 0 Å². The van der Waals surface area contributed by atoms with E-state index in [1.54, 1.807) is 10.8 Å². The summed E-state index contributed by atoms with van der Waals surface area (Å²) in [6.07, 6.45) is -0.822. The van der Waals surface area contributed by atoms with E-state index >= 15 is 0 Å².